The van der Waals surface area contributed by atoms with Crippen molar-refractivity contribution in [2.24, 2.45) is 5.10 Å². The number of hydrogen-bond donors (Lipinski definition) is 1. The van der Waals surface area contributed by atoms with Gasteiger partial charge in [-0.2, -0.15) is 5.10 Å². The number of carbonyl (C=O) groups is 1. The second kappa shape index (κ2) is 10.5. The van der Waals surface area contributed by atoms with Crippen molar-refractivity contribution in [2.75, 3.05) is 12.4 Å². The number of carbonyl (C=O) groups excluding carboxylic acids is 1. The summed E-state index contributed by atoms with van der Waals surface area (Å²) in [5, 5.41) is 4.72. The molecule has 2 aromatic carbocycles. The van der Waals surface area contributed by atoms with Crippen LogP contribution in [0.25, 0.3) is 0 Å². The molecule has 3 aromatic rings. The maximum absolute atomic E-state index is 11.9. The van der Waals surface area contributed by atoms with E-state index in [1.165, 1.54) is 0 Å². The average Bonchev–Trinajstić information content (AvgIpc) is 2.73. The zero-order valence-corrected chi connectivity index (χ0v) is 16.5. The second-order valence-electron chi connectivity index (χ2n) is 5.66. The molecule has 7 heteroatoms. The van der Waals surface area contributed by atoms with E-state index >= 15 is 0 Å². The Morgan fingerprint density at radius 1 is 1.14 bits per heavy atom. The molecule has 3 rings (SSSR count). The topological polar surface area (TPSA) is 63.6 Å². The summed E-state index contributed by atoms with van der Waals surface area (Å²) in [5.74, 6) is 1.29. The minimum Gasteiger partial charge on any atom is -0.493 e. The van der Waals surface area contributed by atoms with Gasteiger partial charge in [-0.3, -0.25) is 9.78 Å². The SMILES string of the molecule is O=C(N/N=C/c1cccc(OCCSc2ccc(Cl)cc2)c1)c1ccncc1. The average molecular weight is 412 g/mol. The molecule has 0 aliphatic heterocycles. The smallest absolute Gasteiger partial charge is 0.271 e. The number of amides is 1. The number of halogens is 1. The molecule has 0 atom stereocenters. The van der Waals surface area contributed by atoms with Gasteiger partial charge in [-0.05, 0) is 54.1 Å². The lowest BCUT2D eigenvalue weighted by molar-refractivity contribution is 0.0955. The highest BCUT2D eigenvalue weighted by molar-refractivity contribution is 7.99. The number of benzene rings is 2. The highest BCUT2D eigenvalue weighted by atomic mass is 35.5. The number of hydrogen-bond acceptors (Lipinski definition) is 5. The van der Waals surface area contributed by atoms with Crippen LogP contribution in [-0.2, 0) is 0 Å². The van der Waals surface area contributed by atoms with Gasteiger partial charge in [-0.1, -0.05) is 23.7 Å². The van der Waals surface area contributed by atoms with Crippen molar-refractivity contribution in [2.45, 2.75) is 4.90 Å². The summed E-state index contributed by atoms with van der Waals surface area (Å²) < 4.78 is 5.79. The van der Waals surface area contributed by atoms with E-state index in [1.807, 2.05) is 48.5 Å². The van der Waals surface area contributed by atoms with E-state index in [4.69, 9.17) is 16.3 Å². The molecule has 0 aliphatic carbocycles. The number of ether oxygens (including phenoxy) is 1. The summed E-state index contributed by atoms with van der Waals surface area (Å²) in [6.07, 6.45) is 4.70. The first-order valence-corrected chi connectivity index (χ1v) is 9.92. The third-order valence-corrected chi connectivity index (χ3v) is 4.84. The van der Waals surface area contributed by atoms with E-state index < -0.39 is 0 Å². The van der Waals surface area contributed by atoms with Crippen LogP contribution >= 0.6 is 23.4 Å². The molecule has 0 radical (unpaired) electrons. The van der Waals surface area contributed by atoms with Crippen molar-refractivity contribution < 1.29 is 9.53 Å². The molecular formula is C21H18ClN3O2S. The van der Waals surface area contributed by atoms with E-state index in [1.54, 1.807) is 42.5 Å². The largest absolute Gasteiger partial charge is 0.493 e. The standard InChI is InChI=1S/C21H18ClN3O2S/c22-18-4-6-20(7-5-18)28-13-12-27-19-3-1-2-16(14-19)15-24-25-21(26)17-8-10-23-11-9-17/h1-11,14-15H,12-13H2,(H,25,26)/b24-15+. The Morgan fingerprint density at radius 2 is 1.93 bits per heavy atom. The van der Waals surface area contributed by atoms with Crippen LogP contribution in [0.3, 0.4) is 0 Å². The maximum Gasteiger partial charge on any atom is 0.271 e. The van der Waals surface area contributed by atoms with Crippen LogP contribution in [0.2, 0.25) is 5.02 Å². The molecule has 0 spiro atoms. The number of nitrogens with one attached hydrogen (secondary N) is 1. The Bertz CT molecular complexity index is 934. The molecule has 1 heterocycles. The van der Waals surface area contributed by atoms with Gasteiger partial charge in [0.15, 0.2) is 0 Å². The molecule has 28 heavy (non-hydrogen) atoms. The van der Waals surface area contributed by atoms with Gasteiger partial charge in [0.2, 0.25) is 0 Å². The number of pyridine rings is 1. The number of thioether (sulfide) groups is 1. The highest BCUT2D eigenvalue weighted by Crippen LogP contribution is 2.20. The van der Waals surface area contributed by atoms with Gasteiger partial charge in [0.1, 0.15) is 5.75 Å². The first kappa shape index (κ1) is 19.9. The van der Waals surface area contributed by atoms with Crippen molar-refractivity contribution in [1.82, 2.24) is 10.4 Å². The fourth-order valence-electron chi connectivity index (χ4n) is 2.27. The number of rotatable bonds is 8. The fourth-order valence-corrected chi connectivity index (χ4v) is 3.12. The van der Waals surface area contributed by atoms with E-state index in [2.05, 4.69) is 15.5 Å². The minimum atomic E-state index is -0.287. The van der Waals surface area contributed by atoms with Crippen LogP contribution in [0.1, 0.15) is 15.9 Å². The van der Waals surface area contributed by atoms with Crippen LogP contribution in [0, 0.1) is 0 Å². The summed E-state index contributed by atoms with van der Waals surface area (Å²) in [6, 6.07) is 18.5. The molecule has 1 amide bonds. The summed E-state index contributed by atoms with van der Waals surface area (Å²) >= 11 is 7.59. The second-order valence-corrected chi connectivity index (χ2v) is 7.26. The number of hydrazone groups is 1. The molecule has 0 fully saturated rings. The van der Waals surface area contributed by atoms with Crippen molar-refractivity contribution >= 4 is 35.5 Å². The van der Waals surface area contributed by atoms with Crippen LogP contribution < -0.4 is 10.2 Å². The maximum atomic E-state index is 11.9. The van der Waals surface area contributed by atoms with Gasteiger partial charge < -0.3 is 4.74 Å². The van der Waals surface area contributed by atoms with Crippen LogP contribution in [0.15, 0.2) is 83.1 Å². The van der Waals surface area contributed by atoms with Gasteiger partial charge in [0.05, 0.1) is 12.8 Å². The normalized spacial score (nSPS) is 10.8. The third-order valence-electron chi connectivity index (χ3n) is 3.61. The fraction of sp³-hybridized carbons (Fsp3) is 0.0952. The third kappa shape index (κ3) is 6.40. The lowest BCUT2D eigenvalue weighted by Crippen LogP contribution is -2.17. The minimum absolute atomic E-state index is 0.287. The predicted octanol–water partition coefficient (Wildman–Crippen LogP) is 4.67. The van der Waals surface area contributed by atoms with Crippen molar-refractivity contribution in [3.8, 4) is 5.75 Å². The molecule has 142 valence electrons. The Morgan fingerprint density at radius 3 is 2.71 bits per heavy atom. The zero-order chi connectivity index (χ0) is 19.6. The highest BCUT2D eigenvalue weighted by Gasteiger charge is 2.02. The lowest BCUT2D eigenvalue weighted by Gasteiger charge is -2.07. The van der Waals surface area contributed by atoms with Crippen molar-refractivity contribution in [1.29, 1.82) is 0 Å². The Hall–Kier alpha value is -2.83. The zero-order valence-electron chi connectivity index (χ0n) is 14.9. The molecule has 0 saturated heterocycles. The number of aromatic nitrogens is 1. The van der Waals surface area contributed by atoms with E-state index in [-0.39, 0.29) is 5.91 Å². The van der Waals surface area contributed by atoms with Crippen LogP contribution in [0.5, 0.6) is 5.75 Å². The summed E-state index contributed by atoms with van der Waals surface area (Å²) in [5.41, 5.74) is 3.82. The van der Waals surface area contributed by atoms with Crippen molar-refractivity contribution in [3.05, 3.63) is 89.2 Å². The van der Waals surface area contributed by atoms with Gasteiger partial charge >= 0.3 is 0 Å². The summed E-state index contributed by atoms with van der Waals surface area (Å²) in [6.45, 7) is 0.576. The Labute approximate surface area is 172 Å². The van der Waals surface area contributed by atoms with Gasteiger partial charge in [0.25, 0.3) is 5.91 Å². The lowest BCUT2D eigenvalue weighted by atomic mass is 10.2. The van der Waals surface area contributed by atoms with Crippen molar-refractivity contribution in [3.63, 3.8) is 0 Å². The van der Waals surface area contributed by atoms with Gasteiger partial charge in [-0.15, -0.1) is 11.8 Å². The number of nitrogens with zero attached hydrogens (tertiary/aromatic N) is 2. The van der Waals surface area contributed by atoms with Crippen LogP contribution in [-0.4, -0.2) is 29.5 Å². The van der Waals surface area contributed by atoms with E-state index in [9.17, 15) is 4.79 Å². The molecule has 0 bridgehead atoms. The molecule has 0 unspecified atom stereocenters. The van der Waals surface area contributed by atoms with Gasteiger partial charge in [0, 0.05) is 33.6 Å². The molecule has 1 aromatic heterocycles. The van der Waals surface area contributed by atoms with E-state index in [0.29, 0.717) is 12.2 Å². The summed E-state index contributed by atoms with van der Waals surface area (Å²) in [7, 11) is 0. The molecule has 0 saturated carbocycles. The monoisotopic (exact) mass is 411 g/mol. The quantitative estimate of drug-likeness (QED) is 0.253. The summed E-state index contributed by atoms with van der Waals surface area (Å²) in [4.78, 5) is 17.0. The van der Waals surface area contributed by atoms with Crippen LogP contribution in [0.4, 0.5) is 0 Å². The molecule has 5 nitrogen and oxygen atoms in total. The Kier molecular flexibility index (Phi) is 7.46. The first-order chi connectivity index (χ1) is 13.7. The molecule has 1 N–H and O–H groups in total. The Balaban J connectivity index is 1.45. The first-order valence-electron chi connectivity index (χ1n) is 8.55. The molecule has 0 aliphatic rings. The predicted molar refractivity (Wildman–Crippen MR) is 113 cm³/mol. The van der Waals surface area contributed by atoms with Gasteiger partial charge in [-0.25, -0.2) is 5.43 Å². The molecular weight excluding hydrogens is 394 g/mol. The van der Waals surface area contributed by atoms with E-state index in [0.717, 1.165) is 27.0 Å².